The molecule has 0 aliphatic carbocycles. The number of β-amino-alcohol motifs (C(OH)–C–C–N with tert-alkyl or cyclic N) is 1. The van der Waals surface area contributed by atoms with Crippen LogP contribution >= 0.6 is 0 Å². The van der Waals surface area contributed by atoms with Gasteiger partial charge in [0.05, 0.1) is 18.8 Å². The second-order valence-electron chi connectivity index (χ2n) is 6.29. The molecule has 2 saturated heterocycles. The number of ether oxygens (including phenoxy) is 2. The molecule has 20 heavy (non-hydrogen) atoms. The Balaban J connectivity index is 1.58. The van der Waals surface area contributed by atoms with Crippen LogP contribution in [0.4, 0.5) is 0 Å². The lowest BCUT2D eigenvalue weighted by atomic mass is 10.0. The van der Waals surface area contributed by atoms with E-state index in [1.54, 1.807) is 0 Å². The monoisotopic (exact) mass is 286 g/mol. The maximum atomic E-state index is 10.1. The number of likely N-dealkylation sites (tertiary alicyclic amines) is 1. The predicted molar refractivity (Wildman–Crippen MR) is 78.9 cm³/mol. The topological polar surface area (TPSA) is 45.2 Å². The fraction of sp³-hybridized carbons (Fsp3) is 1.00. The molecule has 0 bridgehead atoms. The highest BCUT2D eigenvalue weighted by Crippen LogP contribution is 2.15. The van der Waals surface area contributed by atoms with Crippen molar-refractivity contribution in [1.82, 2.24) is 9.80 Å². The van der Waals surface area contributed by atoms with Gasteiger partial charge in [0, 0.05) is 25.8 Å². The summed E-state index contributed by atoms with van der Waals surface area (Å²) in [5.41, 5.74) is 0. The van der Waals surface area contributed by atoms with Gasteiger partial charge in [0.1, 0.15) is 0 Å². The van der Waals surface area contributed by atoms with E-state index in [4.69, 9.17) is 9.47 Å². The molecule has 1 N–H and O–H groups in total. The molecule has 0 saturated carbocycles. The molecule has 5 nitrogen and oxygen atoms in total. The lowest BCUT2D eigenvalue weighted by Crippen LogP contribution is -2.45. The average molecular weight is 286 g/mol. The summed E-state index contributed by atoms with van der Waals surface area (Å²) in [5.74, 6) is 0. The molecule has 0 radical (unpaired) electrons. The minimum absolute atomic E-state index is 0.276. The third kappa shape index (κ3) is 5.30. The van der Waals surface area contributed by atoms with E-state index in [1.165, 1.54) is 12.8 Å². The van der Waals surface area contributed by atoms with Crippen LogP contribution in [0, 0.1) is 0 Å². The van der Waals surface area contributed by atoms with Crippen molar-refractivity contribution in [2.75, 3.05) is 53.6 Å². The molecular weight excluding hydrogens is 256 g/mol. The van der Waals surface area contributed by atoms with Crippen LogP contribution in [0.25, 0.3) is 0 Å². The first-order valence-electron chi connectivity index (χ1n) is 7.91. The molecule has 2 fully saturated rings. The Bertz CT molecular complexity index is 262. The van der Waals surface area contributed by atoms with Crippen LogP contribution in [0.1, 0.15) is 25.7 Å². The normalized spacial score (nSPS) is 25.2. The molecule has 2 heterocycles. The van der Waals surface area contributed by atoms with Crippen LogP contribution in [0.3, 0.4) is 0 Å². The summed E-state index contributed by atoms with van der Waals surface area (Å²) in [6.45, 7) is 4.94. The minimum atomic E-state index is -0.367. The van der Waals surface area contributed by atoms with Gasteiger partial charge in [0.15, 0.2) is 0 Å². The zero-order valence-electron chi connectivity index (χ0n) is 13.0. The van der Waals surface area contributed by atoms with Gasteiger partial charge in [-0.1, -0.05) is 0 Å². The molecule has 5 heteroatoms. The van der Waals surface area contributed by atoms with Gasteiger partial charge in [-0.05, 0) is 52.9 Å². The first-order valence-corrected chi connectivity index (χ1v) is 7.91. The molecule has 2 aliphatic heterocycles. The third-order valence-corrected chi connectivity index (χ3v) is 4.45. The second-order valence-corrected chi connectivity index (χ2v) is 6.29. The van der Waals surface area contributed by atoms with Gasteiger partial charge in [-0.2, -0.15) is 0 Å². The van der Waals surface area contributed by atoms with E-state index in [0.717, 1.165) is 45.7 Å². The first kappa shape index (κ1) is 16.2. The molecule has 0 spiro atoms. The number of hydrogen-bond acceptors (Lipinski definition) is 5. The molecular formula is C15H30N2O3. The summed E-state index contributed by atoms with van der Waals surface area (Å²) in [6.07, 6.45) is 4.22. The SMILES string of the molecule is CN(C)C1CCN(CC(O)COC2CCOCC2)CC1. The second kappa shape index (κ2) is 8.29. The number of nitrogens with zero attached hydrogens (tertiary/aromatic N) is 2. The fourth-order valence-electron chi connectivity index (χ4n) is 3.06. The summed E-state index contributed by atoms with van der Waals surface area (Å²) in [7, 11) is 4.30. The van der Waals surface area contributed by atoms with Crippen molar-refractivity contribution in [2.45, 2.75) is 43.9 Å². The highest BCUT2D eigenvalue weighted by molar-refractivity contribution is 4.78. The van der Waals surface area contributed by atoms with Gasteiger partial charge in [0.2, 0.25) is 0 Å². The molecule has 1 atom stereocenters. The molecule has 2 rings (SSSR count). The van der Waals surface area contributed by atoms with E-state index in [0.29, 0.717) is 12.6 Å². The fourth-order valence-corrected chi connectivity index (χ4v) is 3.06. The van der Waals surface area contributed by atoms with Crippen LogP contribution in [0.5, 0.6) is 0 Å². The lowest BCUT2D eigenvalue weighted by molar-refractivity contribution is -0.0654. The Morgan fingerprint density at radius 2 is 1.85 bits per heavy atom. The van der Waals surface area contributed by atoms with Crippen LogP contribution in [0.15, 0.2) is 0 Å². The predicted octanol–water partition coefficient (Wildman–Crippen LogP) is 0.569. The number of aliphatic hydroxyl groups excluding tert-OH is 1. The Labute approximate surface area is 122 Å². The zero-order chi connectivity index (χ0) is 14.4. The molecule has 2 aliphatic rings. The van der Waals surface area contributed by atoms with E-state index >= 15 is 0 Å². The number of hydrogen-bond donors (Lipinski definition) is 1. The number of piperidine rings is 1. The van der Waals surface area contributed by atoms with Crippen molar-refractivity contribution >= 4 is 0 Å². The zero-order valence-corrected chi connectivity index (χ0v) is 13.0. The minimum Gasteiger partial charge on any atom is -0.389 e. The molecule has 1 unspecified atom stereocenters. The van der Waals surface area contributed by atoms with Gasteiger partial charge in [-0.15, -0.1) is 0 Å². The van der Waals surface area contributed by atoms with Gasteiger partial charge in [-0.25, -0.2) is 0 Å². The van der Waals surface area contributed by atoms with Crippen LogP contribution in [0.2, 0.25) is 0 Å². The van der Waals surface area contributed by atoms with Crippen LogP contribution in [-0.4, -0.2) is 86.7 Å². The quantitative estimate of drug-likeness (QED) is 0.773. The van der Waals surface area contributed by atoms with E-state index in [1.807, 2.05) is 0 Å². The number of aliphatic hydroxyl groups is 1. The largest absolute Gasteiger partial charge is 0.389 e. The van der Waals surface area contributed by atoms with E-state index in [-0.39, 0.29) is 12.2 Å². The highest BCUT2D eigenvalue weighted by Gasteiger charge is 2.23. The van der Waals surface area contributed by atoms with Crippen molar-refractivity contribution in [3.8, 4) is 0 Å². The van der Waals surface area contributed by atoms with Crippen molar-refractivity contribution in [1.29, 1.82) is 0 Å². The van der Waals surface area contributed by atoms with Gasteiger partial charge >= 0.3 is 0 Å². The van der Waals surface area contributed by atoms with E-state index < -0.39 is 0 Å². The van der Waals surface area contributed by atoms with E-state index in [2.05, 4.69) is 23.9 Å². The molecule has 118 valence electrons. The van der Waals surface area contributed by atoms with Crippen LogP contribution < -0.4 is 0 Å². The first-order chi connectivity index (χ1) is 9.65. The summed E-state index contributed by atoms with van der Waals surface area (Å²) < 4.78 is 11.1. The lowest BCUT2D eigenvalue weighted by Gasteiger charge is -2.36. The average Bonchev–Trinajstić information content (AvgIpc) is 2.47. The summed E-state index contributed by atoms with van der Waals surface area (Å²) in [5, 5.41) is 10.1. The smallest absolute Gasteiger partial charge is 0.0900 e. The van der Waals surface area contributed by atoms with Crippen LogP contribution in [-0.2, 0) is 9.47 Å². The van der Waals surface area contributed by atoms with Gasteiger partial charge in [-0.3, -0.25) is 0 Å². The summed E-state index contributed by atoms with van der Waals surface area (Å²) in [6, 6.07) is 0.696. The maximum Gasteiger partial charge on any atom is 0.0900 e. The van der Waals surface area contributed by atoms with Crippen molar-refractivity contribution in [2.24, 2.45) is 0 Å². The Kier molecular flexibility index (Phi) is 6.71. The summed E-state index contributed by atoms with van der Waals surface area (Å²) >= 11 is 0. The molecule has 0 aromatic rings. The molecule has 0 aromatic heterocycles. The molecule has 0 amide bonds. The van der Waals surface area contributed by atoms with Gasteiger partial charge in [0.25, 0.3) is 0 Å². The molecule has 0 aromatic carbocycles. The van der Waals surface area contributed by atoms with Crippen molar-refractivity contribution in [3.05, 3.63) is 0 Å². The standard InChI is InChI=1S/C15H30N2O3/c1-16(2)13-3-7-17(8-4-13)11-14(18)12-20-15-5-9-19-10-6-15/h13-15,18H,3-12H2,1-2H3. The van der Waals surface area contributed by atoms with Crippen molar-refractivity contribution < 1.29 is 14.6 Å². The Morgan fingerprint density at radius 1 is 1.20 bits per heavy atom. The Hall–Kier alpha value is -0.200. The Morgan fingerprint density at radius 3 is 2.45 bits per heavy atom. The summed E-state index contributed by atoms with van der Waals surface area (Å²) in [4.78, 5) is 4.67. The highest BCUT2D eigenvalue weighted by atomic mass is 16.5. The van der Waals surface area contributed by atoms with Gasteiger partial charge < -0.3 is 24.4 Å². The van der Waals surface area contributed by atoms with Crippen molar-refractivity contribution in [3.63, 3.8) is 0 Å². The van der Waals surface area contributed by atoms with E-state index in [9.17, 15) is 5.11 Å². The number of rotatable bonds is 6. The third-order valence-electron chi connectivity index (χ3n) is 4.45. The maximum absolute atomic E-state index is 10.1.